The highest BCUT2D eigenvalue weighted by Gasteiger charge is 2.42. The number of esters is 2. The first kappa shape index (κ1) is 23.5. The van der Waals surface area contributed by atoms with Crippen molar-refractivity contribution in [2.24, 2.45) is 10.9 Å². The molecule has 34 heavy (non-hydrogen) atoms. The fourth-order valence-corrected chi connectivity index (χ4v) is 5.09. The predicted molar refractivity (Wildman–Crippen MR) is 129 cm³/mol. The van der Waals surface area contributed by atoms with E-state index in [1.54, 1.807) is 37.4 Å². The molecule has 2 atom stereocenters. The van der Waals surface area contributed by atoms with Crippen molar-refractivity contribution in [1.82, 2.24) is 4.98 Å². The number of carbonyl (C=O) groups is 2. The highest BCUT2D eigenvalue weighted by molar-refractivity contribution is 7.13. The lowest BCUT2D eigenvalue weighted by atomic mass is 9.75. The standard InChI is InChI=1S/C26H23FN2O4S/c1-14-21(25(30)32-3)23(22(15(2)28-14)26(31)33-4)16-8-7-9-17(12-16)24-29-20(13-34-24)18-10-5-6-11-19(18)27/h5-13,21,23H,1-4H3. The first-order valence-corrected chi connectivity index (χ1v) is 11.5. The molecule has 0 N–H and O–H groups in total. The summed E-state index contributed by atoms with van der Waals surface area (Å²) in [5.74, 6) is -2.78. The zero-order chi connectivity index (χ0) is 24.4. The Hall–Kier alpha value is -3.65. The maximum absolute atomic E-state index is 14.2. The minimum Gasteiger partial charge on any atom is -0.468 e. The number of hydrogen-bond acceptors (Lipinski definition) is 7. The van der Waals surface area contributed by atoms with Crippen LogP contribution in [-0.4, -0.2) is 36.9 Å². The van der Waals surface area contributed by atoms with Crippen LogP contribution < -0.4 is 0 Å². The Labute approximate surface area is 200 Å². The molecule has 0 saturated carbocycles. The van der Waals surface area contributed by atoms with Crippen molar-refractivity contribution < 1.29 is 23.5 Å². The topological polar surface area (TPSA) is 77.8 Å². The molecule has 6 nitrogen and oxygen atoms in total. The molecule has 2 unspecified atom stereocenters. The van der Waals surface area contributed by atoms with E-state index in [9.17, 15) is 14.0 Å². The highest BCUT2D eigenvalue weighted by atomic mass is 32.1. The number of carbonyl (C=O) groups excluding carboxylic acids is 2. The van der Waals surface area contributed by atoms with Gasteiger partial charge in [-0.2, -0.15) is 0 Å². The Balaban J connectivity index is 1.80. The number of nitrogens with zero attached hydrogens (tertiary/aromatic N) is 2. The molecule has 2 aromatic carbocycles. The number of aliphatic imine (C=N–C) groups is 1. The third-order valence-corrected chi connectivity index (χ3v) is 6.73. The van der Waals surface area contributed by atoms with Crippen LogP contribution in [0.1, 0.15) is 25.3 Å². The summed E-state index contributed by atoms with van der Waals surface area (Å²) in [6.07, 6.45) is 0. The van der Waals surface area contributed by atoms with E-state index in [2.05, 4.69) is 9.98 Å². The van der Waals surface area contributed by atoms with Gasteiger partial charge in [-0.3, -0.25) is 9.79 Å². The molecule has 8 heteroatoms. The van der Waals surface area contributed by atoms with Gasteiger partial charge >= 0.3 is 11.9 Å². The summed E-state index contributed by atoms with van der Waals surface area (Å²) in [6.45, 7) is 3.47. The van der Waals surface area contributed by atoms with E-state index in [-0.39, 0.29) is 5.82 Å². The molecule has 0 spiro atoms. The van der Waals surface area contributed by atoms with Crippen LogP contribution in [0.2, 0.25) is 0 Å². The summed E-state index contributed by atoms with van der Waals surface area (Å²) in [6, 6.07) is 14.0. The van der Waals surface area contributed by atoms with Gasteiger partial charge in [0.2, 0.25) is 0 Å². The minimum atomic E-state index is -0.775. The number of thiazole rings is 1. The fourth-order valence-electron chi connectivity index (χ4n) is 4.27. The molecule has 0 aliphatic carbocycles. The summed E-state index contributed by atoms with van der Waals surface area (Å²) in [7, 11) is 2.61. The predicted octanol–water partition coefficient (Wildman–Crippen LogP) is 5.41. The first-order valence-electron chi connectivity index (χ1n) is 10.6. The molecule has 1 aliphatic rings. The summed E-state index contributed by atoms with van der Waals surface area (Å²) < 4.78 is 24.3. The van der Waals surface area contributed by atoms with Gasteiger partial charge in [0, 0.05) is 33.8 Å². The van der Waals surface area contributed by atoms with E-state index in [0.717, 1.165) is 11.1 Å². The van der Waals surface area contributed by atoms with Crippen LogP contribution in [-0.2, 0) is 19.1 Å². The van der Waals surface area contributed by atoms with Crippen LogP contribution in [0.25, 0.3) is 21.8 Å². The number of aromatic nitrogens is 1. The third-order valence-electron chi connectivity index (χ3n) is 5.84. The number of methoxy groups -OCH3 is 2. The molecular formula is C26H23FN2O4S. The smallest absolute Gasteiger partial charge is 0.336 e. The number of allylic oxidation sites excluding steroid dienone is 1. The number of hydrogen-bond donors (Lipinski definition) is 0. The Kier molecular flexibility index (Phi) is 6.70. The molecule has 0 amide bonds. The van der Waals surface area contributed by atoms with E-state index in [4.69, 9.17) is 9.47 Å². The number of benzene rings is 2. The molecule has 0 fully saturated rings. The van der Waals surface area contributed by atoms with Crippen molar-refractivity contribution in [3.63, 3.8) is 0 Å². The van der Waals surface area contributed by atoms with Gasteiger partial charge in [0.15, 0.2) is 0 Å². The average Bonchev–Trinajstić information content (AvgIpc) is 3.33. The van der Waals surface area contributed by atoms with Crippen LogP contribution in [0.15, 0.2) is 70.2 Å². The largest absolute Gasteiger partial charge is 0.468 e. The van der Waals surface area contributed by atoms with E-state index in [1.807, 2.05) is 24.3 Å². The molecule has 174 valence electrons. The molecule has 0 radical (unpaired) electrons. The normalized spacial score (nSPS) is 17.9. The van der Waals surface area contributed by atoms with Gasteiger partial charge in [-0.1, -0.05) is 30.3 Å². The summed E-state index contributed by atoms with van der Waals surface area (Å²) in [4.78, 5) is 34.5. The van der Waals surface area contributed by atoms with Crippen molar-refractivity contribution in [3.8, 4) is 21.8 Å². The summed E-state index contributed by atoms with van der Waals surface area (Å²) in [5.41, 5.74) is 3.85. The van der Waals surface area contributed by atoms with Crippen molar-refractivity contribution in [2.45, 2.75) is 19.8 Å². The minimum absolute atomic E-state index is 0.312. The van der Waals surface area contributed by atoms with E-state index in [1.165, 1.54) is 31.6 Å². The zero-order valence-corrected chi connectivity index (χ0v) is 20.0. The molecule has 1 aliphatic heterocycles. The van der Waals surface area contributed by atoms with Gasteiger partial charge in [0.25, 0.3) is 0 Å². The van der Waals surface area contributed by atoms with E-state index >= 15 is 0 Å². The molecule has 1 aromatic heterocycles. The molecule has 4 rings (SSSR count). The second-order valence-corrected chi connectivity index (χ2v) is 8.72. The van der Waals surface area contributed by atoms with Crippen molar-refractivity contribution in [2.75, 3.05) is 14.2 Å². The van der Waals surface area contributed by atoms with E-state index in [0.29, 0.717) is 33.2 Å². The Morgan fingerprint density at radius 1 is 1.03 bits per heavy atom. The fraction of sp³-hybridized carbons (Fsp3) is 0.231. The van der Waals surface area contributed by atoms with Crippen LogP contribution in [0.4, 0.5) is 4.39 Å². The third kappa shape index (κ3) is 4.28. The lowest BCUT2D eigenvalue weighted by Crippen LogP contribution is -2.36. The quantitative estimate of drug-likeness (QED) is 0.458. The molecule has 3 aromatic rings. The van der Waals surface area contributed by atoms with Crippen LogP contribution in [0, 0.1) is 11.7 Å². The zero-order valence-electron chi connectivity index (χ0n) is 19.2. The molecule has 0 saturated heterocycles. The molecule has 0 bridgehead atoms. The van der Waals surface area contributed by atoms with Crippen molar-refractivity contribution >= 4 is 29.0 Å². The van der Waals surface area contributed by atoms with Crippen LogP contribution >= 0.6 is 11.3 Å². The van der Waals surface area contributed by atoms with Crippen LogP contribution in [0.3, 0.4) is 0 Å². The highest BCUT2D eigenvalue weighted by Crippen LogP contribution is 2.41. The number of rotatable bonds is 5. The van der Waals surface area contributed by atoms with Gasteiger partial charge in [-0.25, -0.2) is 14.2 Å². The van der Waals surface area contributed by atoms with Gasteiger partial charge < -0.3 is 9.47 Å². The maximum atomic E-state index is 14.2. The Bertz CT molecular complexity index is 1330. The van der Waals surface area contributed by atoms with Crippen LogP contribution in [0.5, 0.6) is 0 Å². The average molecular weight is 479 g/mol. The monoisotopic (exact) mass is 478 g/mol. The lowest BCUT2D eigenvalue weighted by molar-refractivity contribution is -0.143. The number of ether oxygens (including phenoxy) is 2. The summed E-state index contributed by atoms with van der Waals surface area (Å²) in [5, 5.41) is 2.50. The van der Waals surface area contributed by atoms with Gasteiger partial charge in [0.05, 0.1) is 25.5 Å². The van der Waals surface area contributed by atoms with Gasteiger partial charge in [0.1, 0.15) is 16.7 Å². The number of halogens is 1. The van der Waals surface area contributed by atoms with Gasteiger partial charge in [-0.05, 0) is 37.6 Å². The Morgan fingerprint density at radius 2 is 1.79 bits per heavy atom. The van der Waals surface area contributed by atoms with Crippen molar-refractivity contribution in [3.05, 3.63) is 76.6 Å². The molecule has 2 heterocycles. The lowest BCUT2D eigenvalue weighted by Gasteiger charge is -2.31. The maximum Gasteiger partial charge on any atom is 0.336 e. The Morgan fingerprint density at radius 3 is 2.50 bits per heavy atom. The van der Waals surface area contributed by atoms with Crippen molar-refractivity contribution in [1.29, 1.82) is 0 Å². The molecular weight excluding hydrogens is 455 g/mol. The first-order chi connectivity index (χ1) is 16.3. The second-order valence-electron chi connectivity index (χ2n) is 7.87. The summed E-state index contributed by atoms with van der Waals surface area (Å²) >= 11 is 1.39. The second kappa shape index (κ2) is 9.69. The SMILES string of the molecule is COC(=O)C1=C(C)N=C(C)C(C(=O)OC)C1c1cccc(-c2nc(-c3ccccc3F)cs2)c1. The van der Waals surface area contributed by atoms with Gasteiger partial charge in [-0.15, -0.1) is 11.3 Å². The van der Waals surface area contributed by atoms with E-state index < -0.39 is 23.8 Å².